The van der Waals surface area contributed by atoms with Crippen LogP contribution >= 0.6 is 0 Å². The number of ketones is 1. The maximum absolute atomic E-state index is 15.0. The Labute approximate surface area is 225 Å². The molecule has 1 heterocycles. The number of methoxy groups -OCH3 is 1. The number of benzene rings is 3. The minimum Gasteiger partial charge on any atom is -0.495 e. The number of aromatic carboxylic acids is 1. The summed E-state index contributed by atoms with van der Waals surface area (Å²) in [5.41, 5.74) is 2.77. The molecule has 0 aliphatic carbocycles. The number of hydrogen-bond donors (Lipinski definition) is 3. The number of carboxylic acid groups (broad SMARTS) is 1. The normalized spacial score (nSPS) is 15.8. The minimum atomic E-state index is -1.86. The van der Waals surface area contributed by atoms with Gasteiger partial charge in [0.25, 0.3) is 6.48 Å². The Kier molecular flexibility index (Phi) is 8.77. The molecule has 2 atom stereocenters. The van der Waals surface area contributed by atoms with Crippen LogP contribution in [0.4, 0.5) is 20.6 Å². The number of carbonyl (C=O) groups is 3. The average molecular weight is 536 g/mol. The molecule has 9 nitrogen and oxygen atoms in total. The van der Waals surface area contributed by atoms with E-state index in [4.69, 9.17) is 14.6 Å². The fourth-order valence-corrected chi connectivity index (χ4v) is 4.49. The molecule has 0 saturated carbocycles. The summed E-state index contributed by atoms with van der Waals surface area (Å²) in [7, 11) is 1.47. The molecule has 0 aromatic heterocycles. The molecule has 0 unspecified atom stereocenters. The summed E-state index contributed by atoms with van der Waals surface area (Å²) in [6.07, 6.45) is 1.18. The van der Waals surface area contributed by atoms with Crippen molar-refractivity contribution in [1.29, 1.82) is 0 Å². The Balaban J connectivity index is 1.37. The highest BCUT2D eigenvalue weighted by atomic mass is 19.1. The lowest BCUT2D eigenvalue weighted by Gasteiger charge is -2.27. The van der Waals surface area contributed by atoms with E-state index in [1.165, 1.54) is 36.3 Å². The van der Waals surface area contributed by atoms with Gasteiger partial charge >= 0.3 is 12.0 Å². The standard InChI is InChI=1S/C29H30FN3O6/c1-18-6-3-4-7-22(18)31-29(37)32-23-14-9-19(17-26(23)38-2)16-25(34)24-8-5-15-33(24)28(30)39-21-12-10-20(11-13-21)27(35)36/h3-4,6-7,9-14,17,24,28H,5,8,15-16H2,1-2H3,(H,35,36)(H2,31,32,37)/t24-,28-/m0/s1. The van der Waals surface area contributed by atoms with Crippen molar-refractivity contribution in [3.63, 3.8) is 0 Å². The molecule has 3 aromatic rings. The maximum Gasteiger partial charge on any atom is 0.335 e. The molecule has 39 heavy (non-hydrogen) atoms. The van der Waals surface area contributed by atoms with Crippen molar-refractivity contribution in [2.75, 3.05) is 24.3 Å². The number of urea groups is 1. The number of para-hydroxylation sites is 1. The number of carboxylic acids is 1. The molecule has 0 spiro atoms. The summed E-state index contributed by atoms with van der Waals surface area (Å²) >= 11 is 0. The van der Waals surface area contributed by atoms with Gasteiger partial charge in [-0.15, -0.1) is 0 Å². The lowest BCUT2D eigenvalue weighted by Crippen LogP contribution is -2.44. The number of amides is 2. The van der Waals surface area contributed by atoms with Crippen LogP contribution in [0, 0.1) is 6.92 Å². The van der Waals surface area contributed by atoms with Crippen LogP contribution in [0.3, 0.4) is 0 Å². The van der Waals surface area contributed by atoms with E-state index in [2.05, 4.69) is 10.6 Å². The third kappa shape index (κ3) is 6.91. The summed E-state index contributed by atoms with van der Waals surface area (Å²) in [4.78, 5) is 38.0. The molecule has 0 bridgehead atoms. The Bertz CT molecular complexity index is 1350. The number of carbonyl (C=O) groups excluding carboxylic acids is 2. The SMILES string of the molecule is COc1cc(CC(=O)[C@@H]2CCCN2[C@H](F)Oc2ccc(C(=O)O)cc2)ccc1NC(=O)Nc1ccccc1C. The van der Waals surface area contributed by atoms with E-state index < -0.39 is 24.5 Å². The number of likely N-dealkylation sites (tertiary alicyclic amines) is 1. The molecule has 0 radical (unpaired) electrons. The highest BCUT2D eigenvalue weighted by Crippen LogP contribution is 2.29. The molecule has 1 fully saturated rings. The average Bonchev–Trinajstić information content (AvgIpc) is 3.42. The molecule has 1 saturated heterocycles. The zero-order valence-corrected chi connectivity index (χ0v) is 21.6. The van der Waals surface area contributed by atoms with Crippen LogP contribution in [0.25, 0.3) is 0 Å². The summed E-state index contributed by atoms with van der Waals surface area (Å²) in [6, 6.07) is 16.8. The van der Waals surface area contributed by atoms with Gasteiger partial charge in [-0.1, -0.05) is 24.3 Å². The predicted molar refractivity (Wildman–Crippen MR) is 144 cm³/mol. The smallest absolute Gasteiger partial charge is 0.335 e. The van der Waals surface area contributed by atoms with Crippen molar-refractivity contribution in [3.8, 4) is 11.5 Å². The number of anilines is 2. The zero-order chi connectivity index (χ0) is 27.9. The molecule has 1 aliphatic heterocycles. The number of alkyl halides is 1. The van der Waals surface area contributed by atoms with Gasteiger partial charge < -0.3 is 25.2 Å². The van der Waals surface area contributed by atoms with Crippen molar-refractivity contribution < 1.29 is 33.4 Å². The Morgan fingerprint density at radius 3 is 2.46 bits per heavy atom. The molecule has 3 aromatic carbocycles. The quantitative estimate of drug-likeness (QED) is 0.304. The van der Waals surface area contributed by atoms with Crippen LogP contribution in [0.2, 0.25) is 0 Å². The number of hydrogen-bond acceptors (Lipinski definition) is 6. The molecule has 2 amide bonds. The van der Waals surface area contributed by atoms with Crippen molar-refractivity contribution in [2.45, 2.75) is 38.7 Å². The fraction of sp³-hybridized carbons (Fsp3) is 0.276. The summed E-state index contributed by atoms with van der Waals surface area (Å²) in [6.45, 7) is 0.390. The zero-order valence-electron chi connectivity index (χ0n) is 21.6. The Morgan fingerprint density at radius 2 is 1.77 bits per heavy atom. The first-order chi connectivity index (χ1) is 18.7. The Morgan fingerprint density at radius 1 is 1.05 bits per heavy atom. The third-order valence-corrected chi connectivity index (χ3v) is 6.55. The molecule has 1 aliphatic rings. The first-order valence-electron chi connectivity index (χ1n) is 12.5. The number of nitrogens with one attached hydrogen (secondary N) is 2. The molecule has 10 heteroatoms. The topological polar surface area (TPSA) is 117 Å². The third-order valence-electron chi connectivity index (χ3n) is 6.55. The van der Waals surface area contributed by atoms with Crippen LogP contribution in [0.15, 0.2) is 66.7 Å². The van der Waals surface area contributed by atoms with Gasteiger partial charge in [-0.05, 0) is 73.4 Å². The van der Waals surface area contributed by atoms with Crippen LogP contribution < -0.4 is 20.1 Å². The predicted octanol–water partition coefficient (Wildman–Crippen LogP) is 5.25. The van der Waals surface area contributed by atoms with Gasteiger partial charge in [0.05, 0.1) is 24.4 Å². The van der Waals surface area contributed by atoms with E-state index in [1.54, 1.807) is 24.3 Å². The van der Waals surface area contributed by atoms with Gasteiger partial charge in [0.1, 0.15) is 11.5 Å². The highest BCUT2D eigenvalue weighted by molar-refractivity contribution is 6.01. The van der Waals surface area contributed by atoms with Gasteiger partial charge in [-0.3, -0.25) is 4.79 Å². The minimum absolute atomic E-state index is 0.0489. The number of halogens is 1. The molecular formula is C29H30FN3O6. The second kappa shape index (κ2) is 12.4. The van der Waals surface area contributed by atoms with Gasteiger partial charge in [0.2, 0.25) is 0 Å². The largest absolute Gasteiger partial charge is 0.495 e. The first kappa shape index (κ1) is 27.6. The van der Waals surface area contributed by atoms with Crippen molar-refractivity contribution in [2.24, 2.45) is 0 Å². The van der Waals surface area contributed by atoms with E-state index in [0.717, 1.165) is 5.56 Å². The summed E-state index contributed by atoms with van der Waals surface area (Å²) < 4.78 is 25.8. The van der Waals surface area contributed by atoms with Crippen LogP contribution in [0.5, 0.6) is 11.5 Å². The number of ether oxygens (including phenoxy) is 2. The van der Waals surface area contributed by atoms with E-state index in [-0.39, 0.29) is 23.5 Å². The summed E-state index contributed by atoms with van der Waals surface area (Å²) in [5.74, 6) is -0.695. The molecular weight excluding hydrogens is 505 g/mol. The van der Waals surface area contributed by atoms with Gasteiger partial charge in [0.15, 0.2) is 5.78 Å². The number of aryl methyl sites for hydroxylation is 1. The monoisotopic (exact) mass is 535 g/mol. The van der Waals surface area contributed by atoms with Crippen LogP contribution in [-0.2, 0) is 11.2 Å². The van der Waals surface area contributed by atoms with E-state index in [0.29, 0.717) is 42.1 Å². The lowest BCUT2D eigenvalue weighted by molar-refractivity contribution is -0.133. The highest BCUT2D eigenvalue weighted by Gasteiger charge is 2.36. The van der Waals surface area contributed by atoms with E-state index in [1.807, 2.05) is 25.1 Å². The van der Waals surface area contributed by atoms with Crippen molar-refractivity contribution in [1.82, 2.24) is 4.90 Å². The fourth-order valence-electron chi connectivity index (χ4n) is 4.49. The Hall–Kier alpha value is -4.44. The van der Waals surface area contributed by atoms with Crippen LogP contribution in [0.1, 0.15) is 34.3 Å². The molecule has 3 N–H and O–H groups in total. The van der Waals surface area contributed by atoms with Gasteiger partial charge in [-0.2, -0.15) is 4.39 Å². The van der Waals surface area contributed by atoms with E-state index in [9.17, 15) is 14.4 Å². The second-order valence-corrected chi connectivity index (χ2v) is 9.21. The number of nitrogens with zero attached hydrogens (tertiary/aromatic N) is 1. The first-order valence-corrected chi connectivity index (χ1v) is 12.5. The molecule has 4 rings (SSSR count). The molecule has 204 valence electrons. The van der Waals surface area contributed by atoms with E-state index >= 15 is 4.39 Å². The maximum atomic E-state index is 15.0. The van der Waals surface area contributed by atoms with Crippen LogP contribution in [-0.4, -0.2) is 54.0 Å². The number of Topliss-reactive ketones (excluding diaryl/α,β-unsaturated/α-hetero) is 1. The van der Waals surface area contributed by atoms with Crippen molar-refractivity contribution in [3.05, 3.63) is 83.4 Å². The van der Waals surface area contributed by atoms with Gasteiger partial charge in [-0.25, -0.2) is 14.5 Å². The lowest BCUT2D eigenvalue weighted by atomic mass is 10.0. The number of rotatable bonds is 10. The summed E-state index contributed by atoms with van der Waals surface area (Å²) in [5, 5.41) is 14.6. The second-order valence-electron chi connectivity index (χ2n) is 9.21. The van der Waals surface area contributed by atoms with Crippen molar-refractivity contribution >= 4 is 29.2 Å². The van der Waals surface area contributed by atoms with Gasteiger partial charge in [0, 0.05) is 18.7 Å².